The minimum Gasteiger partial charge on any atom is -0.383 e. The Morgan fingerprint density at radius 3 is 2.62 bits per heavy atom. The van der Waals surface area contributed by atoms with Crippen LogP contribution in [0.15, 0.2) is 61.2 Å². The topological polar surface area (TPSA) is 54.8 Å². The fraction of sp³-hybridized carbons (Fsp3) is 0.333. The van der Waals surface area contributed by atoms with Crippen LogP contribution in [0, 0.1) is 0 Å². The first kappa shape index (κ1) is 16.6. The number of hydrogen-bond acceptors (Lipinski definition) is 4. The highest BCUT2D eigenvalue weighted by Gasteiger charge is 2.36. The summed E-state index contributed by atoms with van der Waals surface area (Å²) in [5, 5.41) is 11.2. The summed E-state index contributed by atoms with van der Waals surface area (Å²) in [6, 6.07) is 17.7. The van der Waals surface area contributed by atoms with Gasteiger partial charge in [0.1, 0.15) is 12.7 Å². The molecule has 5 nitrogen and oxygen atoms in total. The number of anilines is 2. The molecule has 1 aliphatic rings. The smallest absolute Gasteiger partial charge is 0.137 e. The summed E-state index contributed by atoms with van der Waals surface area (Å²) in [6.45, 7) is 6.28. The Labute approximate surface area is 154 Å². The largest absolute Gasteiger partial charge is 0.383 e. The normalized spacial score (nSPS) is 17.7. The quantitative estimate of drug-likeness (QED) is 0.701. The Hall–Kier alpha value is -2.82. The number of nitrogens with one attached hydrogen (secondary N) is 2. The molecule has 1 aromatic heterocycles. The number of benzene rings is 2. The van der Waals surface area contributed by atoms with Gasteiger partial charge in [0.25, 0.3) is 0 Å². The lowest BCUT2D eigenvalue weighted by molar-refractivity contribution is 0.493. The molecule has 0 saturated carbocycles. The molecule has 0 bridgehead atoms. The molecule has 5 heteroatoms. The second kappa shape index (κ2) is 6.83. The summed E-state index contributed by atoms with van der Waals surface area (Å²) in [5.41, 5.74) is 5.38. The molecule has 1 atom stereocenters. The zero-order valence-corrected chi connectivity index (χ0v) is 15.3. The average Bonchev–Trinajstić information content (AvgIpc) is 3.24. The minimum atomic E-state index is 0.219. The van der Waals surface area contributed by atoms with Crippen LogP contribution in [0.1, 0.15) is 37.4 Å². The minimum absolute atomic E-state index is 0.219. The van der Waals surface area contributed by atoms with Gasteiger partial charge in [0.2, 0.25) is 0 Å². The maximum absolute atomic E-state index is 4.10. The molecule has 1 heterocycles. The number of rotatable bonds is 6. The third-order valence-corrected chi connectivity index (χ3v) is 5.14. The van der Waals surface area contributed by atoms with Crippen molar-refractivity contribution in [2.75, 3.05) is 17.2 Å². The molecule has 2 N–H and O–H groups in total. The summed E-state index contributed by atoms with van der Waals surface area (Å²) in [5.74, 6) is 0. The van der Waals surface area contributed by atoms with E-state index in [0.29, 0.717) is 6.04 Å². The summed E-state index contributed by atoms with van der Waals surface area (Å²) in [7, 11) is 0. The molecule has 4 rings (SSSR count). The third-order valence-electron chi connectivity index (χ3n) is 5.14. The Kier molecular flexibility index (Phi) is 4.37. The molecule has 0 spiro atoms. The van der Waals surface area contributed by atoms with Crippen LogP contribution in [-0.2, 0) is 12.0 Å². The third kappa shape index (κ3) is 3.43. The molecule has 2 aromatic carbocycles. The maximum Gasteiger partial charge on any atom is 0.137 e. The lowest BCUT2D eigenvalue weighted by Crippen LogP contribution is -2.14. The first-order valence-corrected chi connectivity index (χ1v) is 9.14. The first-order valence-electron chi connectivity index (χ1n) is 9.14. The fourth-order valence-electron chi connectivity index (χ4n) is 3.82. The standard InChI is InChI=1S/C21H25N5/c1-21(2)13-20(18-5-3-4-6-19(18)21)25-17-9-7-16(8-10-17)23-11-12-26-15-22-14-24-26/h3-10,14-15,20,23,25H,11-13H2,1-2H3. The van der Waals surface area contributed by atoms with Crippen LogP contribution in [0.5, 0.6) is 0 Å². The fourth-order valence-corrected chi connectivity index (χ4v) is 3.82. The van der Waals surface area contributed by atoms with Crippen LogP contribution in [0.3, 0.4) is 0 Å². The average molecular weight is 347 g/mol. The first-order chi connectivity index (χ1) is 12.6. The predicted molar refractivity (Wildman–Crippen MR) is 105 cm³/mol. The molecule has 0 saturated heterocycles. The van der Waals surface area contributed by atoms with Crippen LogP contribution in [-0.4, -0.2) is 21.3 Å². The van der Waals surface area contributed by atoms with Crippen molar-refractivity contribution in [1.82, 2.24) is 14.8 Å². The lowest BCUT2D eigenvalue weighted by atomic mass is 9.86. The Balaban J connectivity index is 1.37. The van der Waals surface area contributed by atoms with Gasteiger partial charge >= 0.3 is 0 Å². The van der Waals surface area contributed by atoms with Crippen molar-refractivity contribution in [2.45, 2.75) is 38.3 Å². The zero-order valence-electron chi connectivity index (χ0n) is 15.3. The van der Waals surface area contributed by atoms with Gasteiger partial charge in [-0.15, -0.1) is 0 Å². The van der Waals surface area contributed by atoms with E-state index in [9.17, 15) is 0 Å². The van der Waals surface area contributed by atoms with E-state index < -0.39 is 0 Å². The van der Waals surface area contributed by atoms with Crippen molar-refractivity contribution in [2.24, 2.45) is 0 Å². The molecule has 1 aliphatic carbocycles. The lowest BCUT2D eigenvalue weighted by Gasteiger charge is -2.20. The van der Waals surface area contributed by atoms with Crippen molar-refractivity contribution in [1.29, 1.82) is 0 Å². The van der Waals surface area contributed by atoms with Crippen LogP contribution >= 0.6 is 0 Å². The van der Waals surface area contributed by atoms with E-state index >= 15 is 0 Å². The Morgan fingerprint density at radius 2 is 1.85 bits per heavy atom. The van der Waals surface area contributed by atoms with E-state index in [0.717, 1.165) is 30.9 Å². The summed E-state index contributed by atoms with van der Waals surface area (Å²) in [4.78, 5) is 3.95. The van der Waals surface area contributed by atoms with Gasteiger partial charge in [-0.05, 0) is 47.2 Å². The molecule has 3 aromatic rings. The van der Waals surface area contributed by atoms with Crippen LogP contribution in [0.2, 0.25) is 0 Å². The molecular weight excluding hydrogens is 322 g/mol. The highest BCUT2D eigenvalue weighted by Crippen LogP contribution is 2.45. The van der Waals surface area contributed by atoms with Gasteiger partial charge in [-0.25, -0.2) is 4.98 Å². The van der Waals surface area contributed by atoms with Crippen molar-refractivity contribution >= 4 is 11.4 Å². The van der Waals surface area contributed by atoms with E-state index in [4.69, 9.17) is 0 Å². The highest BCUT2D eigenvalue weighted by molar-refractivity contribution is 5.56. The van der Waals surface area contributed by atoms with Crippen molar-refractivity contribution in [3.63, 3.8) is 0 Å². The zero-order chi connectivity index (χ0) is 18.0. The summed E-state index contributed by atoms with van der Waals surface area (Å²) >= 11 is 0. The van der Waals surface area contributed by atoms with Crippen LogP contribution in [0.4, 0.5) is 11.4 Å². The van der Waals surface area contributed by atoms with Crippen molar-refractivity contribution < 1.29 is 0 Å². The number of nitrogens with zero attached hydrogens (tertiary/aromatic N) is 3. The van der Waals surface area contributed by atoms with Gasteiger partial charge in [-0.3, -0.25) is 4.68 Å². The van der Waals surface area contributed by atoms with Crippen LogP contribution < -0.4 is 10.6 Å². The van der Waals surface area contributed by atoms with Gasteiger partial charge in [0.15, 0.2) is 0 Å². The second-order valence-electron chi connectivity index (χ2n) is 7.53. The summed E-state index contributed by atoms with van der Waals surface area (Å²) < 4.78 is 1.82. The predicted octanol–water partition coefficient (Wildman–Crippen LogP) is 4.22. The number of aromatic nitrogens is 3. The van der Waals surface area contributed by atoms with E-state index in [2.05, 4.69) is 83.1 Å². The molecule has 134 valence electrons. The van der Waals surface area contributed by atoms with E-state index in [1.807, 2.05) is 4.68 Å². The van der Waals surface area contributed by atoms with Crippen molar-refractivity contribution in [3.05, 3.63) is 72.3 Å². The Bertz CT molecular complexity index is 852. The SMILES string of the molecule is CC1(C)CC(Nc2ccc(NCCn3cncn3)cc2)c2ccccc21. The molecular formula is C21H25N5. The molecule has 0 amide bonds. The monoisotopic (exact) mass is 347 g/mol. The maximum atomic E-state index is 4.10. The molecule has 0 fully saturated rings. The summed E-state index contributed by atoms with van der Waals surface area (Å²) in [6.07, 6.45) is 4.41. The van der Waals surface area contributed by atoms with E-state index in [1.54, 1.807) is 12.7 Å². The van der Waals surface area contributed by atoms with Gasteiger partial charge in [0, 0.05) is 17.9 Å². The highest BCUT2D eigenvalue weighted by atomic mass is 15.3. The van der Waals surface area contributed by atoms with Gasteiger partial charge in [0.05, 0.1) is 12.6 Å². The second-order valence-corrected chi connectivity index (χ2v) is 7.53. The van der Waals surface area contributed by atoms with Gasteiger partial charge in [-0.1, -0.05) is 38.1 Å². The molecule has 26 heavy (non-hydrogen) atoms. The van der Waals surface area contributed by atoms with Gasteiger partial charge in [-0.2, -0.15) is 5.10 Å². The van der Waals surface area contributed by atoms with Crippen LogP contribution in [0.25, 0.3) is 0 Å². The van der Waals surface area contributed by atoms with E-state index in [1.165, 1.54) is 11.1 Å². The molecule has 1 unspecified atom stereocenters. The van der Waals surface area contributed by atoms with Gasteiger partial charge < -0.3 is 10.6 Å². The number of fused-ring (bicyclic) bond motifs is 1. The van der Waals surface area contributed by atoms with E-state index in [-0.39, 0.29) is 5.41 Å². The molecule has 0 aliphatic heterocycles. The number of hydrogen-bond donors (Lipinski definition) is 2. The Morgan fingerprint density at radius 1 is 1.08 bits per heavy atom. The van der Waals surface area contributed by atoms with Crippen molar-refractivity contribution in [3.8, 4) is 0 Å². The molecule has 0 radical (unpaired) electrons.